The van der Waals surface area contributed by atoms with Gasteiger partial charge in [0.05, 0.1) is 0 Å². The van der Waals surface area contributed by atoms with Crippen LogP contribution in [0.25, 0.3) is 0 Å². The van der Waals surface area contributed by atoms with Crippen LogP contribution in [0.2, 0.25) is 0 Å². The first-order valence-electron chi connectivity index (χ1n) is 8.21. The fourth-order valence-corrected chi connectivity index (χ4v) is 3.67. The first kappa shape index (κ1) is 14.8. The molecule has 2 unspecified atom stereocenters. The summed E-state index contributed by atoms with van der Waals surface area (Å²) in [4.78, 5) is 12.4. The lowest BCUT2D eigenvalue weighted by Crippen LogP contribution is -2.43. The number of rotatable bonds is 3. The number of hydrogen-bond acceptors (Lipinski definition) is 2. The molecule has 2 atom stereocenters. The quantitative estimate of drug-likeness (QED) is 0.772. The third-order valence-electron chi connectivity index (χ3n) is 5.24. The smallest absolute Gasteiger partial charge is 0.223 e. The molecule has 19 heavy (non-hydrogen) atoms. The van der Waals surface area contributed by atoms with E-state index >= 15 is 0 Å². The normalized spacial score (nSPS) is 36.5. The Morgan fingerprint density at radius 2 is 1.74 bits per heavy atom. The average Bonchev–Trinajstić information content (AvgIpc) is 2.64. The van der Waals surface area contributed by atoms with Gasteiger partial charge in [-0.3, -0.25) is 4.79 Å². The topological polar surface area (TPSA) is 55.1 Å². The summed E-state index contributed by atoms with van der Waals surface area (Å²) in [6, 6.07) is 0.419. The monoisotopic (exact) mass is 266 g/mol. The number of amides is 1. The molecule has 3 N–H and O–H groups in total. The molecule has 2 saturated carbocycles. The Morgan fingerprint density at radius 3 is 2.42 bits per heavy atom. The molecule has 2 aliphatic carbocycles. The number of carbonyl (C=O) groups excluding carboxylic acids is 1. The van der Waals surface area contributed by atoms with Crippen molar-refractivity contribution in [3.8, 4) is 0 Å². The molecule has 0 aromatic rings. The molecule has 1 amide bonds. The van der Waals surface area contributed by atoms with Crippen molar-refractivity contribution in [3.63, 3.8) is 0 Å². The van der Waals surface area contributed by atoms with E-state index in [9.17, 15) is 4.79 Å². The van der Waals surface area contributed by atoms with E-state index < -0.39 is 0 Å². The fraction of sp³-hybridized carbons (Fsp3) is 0.938. The molecular formula is C16H30N2O. The van der Waals surface area contributed by atoms with E-state index in [1.165, 1.54) is 32.1 Å². The van der Waals surface area contributed by atoms with E-state index in [0.717, 1.165) is 32.2 Å². The molecular weight excluding hydrogens is 236 g/mol. The SMILES string of the molecule is CC1CCCCCC1NC(=O)C1CCC(CN)CC1. The van der Waals surface area contributed by atoms with Gasteiger partial charge in [-0.05, 0) is 56.9 Å². The molecule has 3 nitrogen and oxygen atoms in total. The molecule has 0 aliphatic heterocycles. The van der Waals surface area contributed by atoms with Crippen LogP contribution in [0.5, 0.6) is 0 Å². The summed E-state index contributed by atoms with van der Waals surface area (Å²) < 4.78 is 0. The van der Waals surface area contributed by atoms with Gasteiger partial charge < -0.3 is 11.1 Å². The minimum absolute atomic E-state index is 0.248. The number of carbonyl (C=O) groups is 1. The Morgan fingerprint density at radius 1 is 1.05 bits per heavy atom. The summed E-state index contributed by atoms with van der Waals surface area (Å²) in [7, 11) is 0. The van der Waals surface area contributed by atoms with Gasteiger partial charge in [0.2, 0.25) is 5.91 Å². The lowest BCUT2D eigenvalue weighted by atomic mass is 9.81. The van der Waals surface area contributed by atoms with Crippen molar-refractivity contribution < 1.29 is 4.79 Å². The molecule has 0 spiro atoms. The van der Waals surface area contributed by atoms with Crippen molar-refractivity contribution in [1.29, 1.82) is 0 Å². The van der Waals surface area contributed by atoms with E-state index in [0.29, 0.717) is 23.8 Å². The summed E-state index contributed by atoms with van der Waals surface area (Å²) in [5, 5.41) is 3.34. The maximum Gasteiger partial charge on any atom is 0.223 e. The molecule has 0 aromatic heterocycles. The Hall–Kier alpha value is -0.570. The molecule has 0 heterocycles. The van der Waals surface area contributed by atoms with Crippen LogP contribution in [0.4, 0.5) is 0 Å². The molecule has 0 bridgehead atoms. The average molecular weight is 266 g/mol. The first-order valence-corrected chi connectivity index (χ1v) is 8.21. The van der Waals surface area contributed by atoms with E-state index in [-0.39, 0.29) is 5.92 Å². The van der Waals surface area contributed by atoms with Crippen molar-refractivity contribution in [2.45, 2.75) is 70.8 Å². The highest BCUT2D eigenvalue weighted by molar-refractivity contribution is 5.79. The largest absolute Gasteiger partial charge is 0.353 e. The summed E-state index contributed by atoms with van der Waals surface area (Å²) in [6.45, 7) is 3.08. The predicted octanol–water partition coefficient (Wildman–Crippen LogP) is 2.84. The second-order valence-electron chi connectivity index (χ2n) is 6.68. The molecule has 0 saturated heterocycles. The Balaban J connectivity index is 1.80. The highest BCUT2D eigenvalue weighted by Gasteiger charge is 2.28. The standard InChI is InChI=1S/C16H30N2O/c1-12-5-3-2-4-6-15(12)18-16(19)14-9-7-13(11-17)8-10-14/h12-15H,2-11,17H2,1H3,(H,18,19). The minimum Gasteiger partial charge on any atom is -0.353 e. The van der Waals surface area contributed by atoms with Crippen LogP contribution in [0.1, 0.15) is 64.7 Å². The summed E-state index contributed by atoms with van der Waals surface area (Å²) in [5.41, 5.74) is 5.71. The molecule has 110 valence electrons. The lowest BCUT2D eigenvalue weighted by Gasteiger charge is -2.30. The third-order valence-corrected chi connectivity index (χ3v) is 5.24. The number of hydrogen-bond donors (Lipinski definition) is 2. The van der Waals surface area contributed by atoms with E-state index in [1.807, 2.05) is 0 Å². The van der Waals surface area contributed by atoms with Gasteiger partial charge in [-0.25, -0.2) is 0 Å². The van der Waals surface area contributed by atoms with Crippen LogP contribution in [0, 0.1) is 17.8 Å². The predicted molar refractivity (Wildman–Crippen MR) is 78.7 cm³/mol. The molecule has 2 aliphatic rings. The van der Waals surface area contributed by atoms with Gasteiger partial charge in [0.1, 0.15) is 0 Å². The number of nitrogens with one attached hydrogen (secondary N) is 1. The van der Waals surface area contributed by atoms with E-state index in [1.54, 1.807) is 0 Å². The summed E-state index contributed by atoms with van der Waals surface area (Å²) in [5.74, 6) is 1.86. The van der Waals surface area contributed by atoms with Crippen molar-refractivity contribution in [1.82, 2.24) is 5.32 Å². The third kappa shape index (κ3) is 4.20. The summed E-state index contributed by atoms with van der Waals surface area (Å²) in [6.07, 6.45) is 10.7. The van der Waals surface area contributed by atoms with E-state index in [2.05, 4.69) is 12.2 Å². The Labute approximate surface area is 117 Å². The second-order valence-corrected chi connectivity index (χ2v) is 6.68. The van der Waals surface area contributed by atoms with Crippen molar-refractivity contribution >= 4 is 5.91 Å². The van der Waals surface area contributed by atoms with Gasteiger partial charge >= 0.3 is 0 Å². The van der Waals surface area contributed by atoms with Crippen LogP contribution >= 0.6 is 0 Å². The van der Waals surface area contributed by atoms with Gasteiger partial charge in [-0.15, -0.1) is 0 Å². The second kappa shape index (κ2) is 7.28. The van der Waals surface area contributed by atoms with Crippen molar-refractivity contribution in [2.75, 3.05) is 6.54 Å². The zero-order chi connectivity index (χ0) is 13.7. The highest BCUT2D eigenvalue weighted by Crippen LogP contribution is 2.29. The molecule has 0 aromatic carbocycles. The molecule has 0 radical (unpaired) electrons. The van der Waals surface area contributed by atoms with Gasteiger partial charge in [0.25, 0.3) is 0 Å². The Kier molecular flexibility index (Phi) is 5.68. The summed E-state index contributed by atoms with van der Waals surface area (Å²) >= 11 is 0. The van der Waals surface area contributed by atoms with Crippen LogP contribution in [-0.4, -0.2) is 18.5 Å². The maximum atomic E-state index is 12.4. The van der Waals surface area contributed by atoms with Crippen LogP contribution in [-0.2, 0) is 4.79 Å². The number of nitrogens with two attached hydrogens (primary N) is 1. The van der Waals surface area contributed by atoms with Crippen molar-refractivity contribution in [3.05, 3.63) is 0 Å². The van der Waals surface area contributed by atoms with Gasteiger partial charge in [0, 0.05) is 12.0 Å². The van der Waals surface area contributed by atoms with Crippen molar-refractivity contribution in [2.24, 2.45) is 23.5 Å². The first-order chi connectivity index (χ1) is 9.20. The fourth-order valence-electron chi connectivity index (χ4n) is 3.67. The maximum absolute atomic E-state index is 12.4. The van der Waals surface area contributed by atoms with Crippen LogP contribution in [0.15, 0.2) is 0 Å². The van der Waals surface area contributed by atoms with Crippen LogP contribution < -0.4 is 11.1 Å². The highest BCUT2D eigenvalue weighted by atomic mass is 16.1. The molecule has 2 rings (SSSR count). The zero-order valence-electron chi connectivity index (χ0n) is 12.4. The molecule has 2 fully saturated rings. The van der Waals surface area contributed by atoms with Gasteiger partial charge in [-0.2, -0.15) is 0 Å². The van der Waals surface area contributed by atoms with Crippen LogP contribution in [0.3, 0.4) is 0 Å². The van der Waals surface area contributed by atoms with Gasteiger partial charge in [-0.1, -0.05) is 26.2 Å². The Bertz CT molecular complexity index is 284. The lowest BCUT2D eigenvalue weighted by molar-refractivity contribution is -0.127. The minimum atomic E-state index is 0.248. The molecule has 3 heteroatoms. The van der Waals surface area contributed by atoms with E-state index in [4.69, 9.17) is 5.73 Å². The zero-order valence-corrected chi connectivity index (χ0v) is 12.4. The van der Waals surface area contributed by atoms with Gasteiger partial charge in [0.15, 0.2) is 0 Å².